The monoisotopic (exact) mass is 443 g/mol. The van der Waals surface area contributed by atoms with E-state index in [1.165, 1.54) is 0 Å². The van der Waals surface area contributed by atoms with Gasteiger partial charge in [0.1, 0.15) is 30.8 Å². The number of rotatable bonds is 6. The molecule has 0 aliphatic carbocycles. The zero-order valence-corrected chi connectivity index (χ0v) is 18.7. The van der Waals surface area contributed by atoms with Crippen molar-refractivity contribution >= 4 is 27.8 Å². The minimum Gasteiger partial charge on any atom is -0.493 e. The summed E-state index contributed by atoms with van der Waals surface area (Å²) >= 11 is 0. The van der Waals surface area contributed by atoms with E-state index >= 15 is 0 Å². The Kier molecular flexibility index (Phi) is 5.50. The van der Waals surface area contributed by atoms with E-state index in [0.29, 0.717) is 34.2 Å². The molecule has 0 bridgehead atoms. The number of hydrogen-bond donors (Lipinski definition) is 0. The molecule has 0 spiro atoms. The number of benzene rings is 3. The first-order valence-corrected chi connectivity index (χ1v) is 11.2. The van der Waals surface area contributed by atoms with Crippen molar-refractivity contribution < 1.29 is 19.0 Å². The van der Waals surface area contributed by atoms with Gasteiger partial charge in [-0.3, -0.25) is 9.59 Å². The highest BCUT2D eigenvalue weighted by molar-refractivity contribution is 5.94. The Morgan fingerprint density at radius 2 is 1.73 bits per heavy atom. The molecule has 1 aliphatic heterocycles. The van der Waals surface area contributed by atoms with Crippen LogP contribution in [0.15, 0.2) is 65.5 Å². The first-order chi connectivity index (χ1) is 16.0. The number of ether oxygens (including phenoxy) is 3. The highest BCUT2D eigenvalue weighted by atomic mass is 16.5. The highest BCUT2D eigenvalue weighted by Crippen LogP contribution is 2.35. The fourth-order valence-corrected chi connectivity index (χ4v) is 4.46. The van der Waals surface area contributed by atoms with Gasteiger partial charge in [0.25, 0.3) is 0 Å². The number of pyridine rings is 1. The third-order valence-electron chi connectivity index (χ3n) is 5.93. The molecule has 3 aromatic carbocycles. The Bertz CT molecular complexity index is 1360. The van der Waals surface area contributed by atoms with Crippen molar-refractivity contribution in [1.29, 1.82) is 0 Å². The van der Waals surface area contributed by atoms with Gasteiger partial charge in [-0.1, -0.05) is 24.3 Å². The minimum atomic E-state index is -0.397. The average Bonchev–Trinajstić information content (AvgIpc) is 3.19. The molecule has 1 aromatic heterocycles. The molecule has 0 fully saturated rings. The maximum Gasteiger partial charge on any atom is 0.326 e. The molecule has 6 heteroatoms. The van der Waals surface area contributed by atoms with Crippen molar-refractivity contribution in [1.82, 2.24) is 4.57 Å². The molecule has 5 rings (SSSR count). The van der Waals surface area contributed by atoms with Crippen molar-refractivity contribution in [3.63, 3.8) is 0 Å². The van der Waals surface area contributed by atoms with Crippen LogP contribution in [0.5, 0.6) is 11.5 Å². The number of carbonyl (C=O) groups excluding carboxylic acids is 1. The van der Waals surface area contributed by atoms with E-state index in [1.54, 1.807) is 12.1 Å². The number of para-hydroxylation sites is 2. The molecule has 1 aliphatic rings. The van der Waals surface area contributed by atoms with Crippen molar-refractivity contribution in [3.8, 4) is 11.5 Å². The second-order valence-electron chi connectivity index (χ2n) is 8.24. The van der Waals surface area contributed by atoms with Gasteiger partial charge in [0.15, 0.2) is 5.43 Å². The molecule has 2 heterocycles. The SMILES string of the molecule is CCOc1cc2c(cc1COC(=O)Cn1c3ccccc3c(=O)c3ccccc31)OC(C)C2. The molecule has 0 amide bonds. The molecule has 0 saturated heterocycles. The summed E-state index contributed by atoms with van der Waals surface area (Å²) in [6.07, 6.45) is 0.955. The van der Waals surface area contributed by atoms with Crippen molar-refractivity contribution in [2.24, 2.45) is 0 Å². The number of hydrogen-bond acceptors (Lipinski definition) is 5. The standard InChI is InChI=1S/C27H25NO5/c1-3-31-24-13-18-12-17(2)33-25(18)14-19(24)16-32-26(29)15-28-22-10-6-4-8-20(22)27(30)21-9-5-7-11-23(21)28/h4-11,13-14,17H,3,12,15-16H2,1-2H3. The van der Waals surface area contributed by atoms with Gasteiger partial charge < -0.3 is 18.8 Å². The van der Waals surface area contributed by atoms with Crippen LogP contribution in [0.2, 0.25) is 0 Å². The zero-order chi connectivity index (χ0) is 22.9. The predicted molar refractivity (Wildman–Crippen MR) is 127 cm³/mol. The van der Waals surface area contributed by atoms with Crippen LogP contribution >= 0.6 is 0 Å². The predicted octanol–water partition coefficient (Wildman–Crippen LogP) is 4.62. The lowest BCUT2D eigenvalue weighted by atomic mass is 10.1. The quantitative estimate of drug-likeness (QED) is 0.321. The molecular formula is C27H25NO5. The van der Waals surface area contributed by atoms with Gasteiger partial charge in [-0.15, -0.1) is 0 Å². The number of aromatic nitrogens is 1. The third kappa shape index (κ3) is 3.93. The summed E-state index contributed by atoms with van der Waals surface area (Å²) in [7, 11) is 0. The van der Waals surface area contributed by atoms with Gasteiger partial charge in [0.05, 0.1) is 17.6 Å². The van der Waals surface area contributed by atoms with E-state index in [2.05, 4.69) is 0 Å². The molecule has 6 nitrogen and oxygen atoms in total. The van der Waals surface area contributed by atoms with E-state index in [0.717, 1.165) is 23.3 Å². The van der Waals surface area contributed by atoms with E-state index in [-0.39, 0.29) is 24.7 Å². The topological polar surface area (TPSA) is 66.8 Å². The van der Waals surface area contributed by atoms with Crippen LogP contribution in [-0.4, -0.2) is 23.2 Å². The van der Waals surface area contributed by atoms with E-state index in [1.807, 2.05) is 66.9 Å². The Morgan fingerprint density at radius 3 is 2.39 bits per heavy atom. The first-order valence-electron chi connectivity index (χ1n) is 11.2. The second-order valence-corrected chi connectivity index (χ2v) is 8.24. The Hall–Kier alpha value is -3.80. The maximum atomic E-state index is 12.9. The summed E-state index contributed by atoms with van der Waals surface area (Å²) < 4.78 is 19.1. The van der Waals surface area contributed by atoms with Crippen LogP contribution < -0.4 is 14.9 Å². The summed E-state index contributed by atoms with van der Waals surface area (Å²) in [5, 5.41) is 1.15. The summed E-state index contributed by atoms with van der Waals surface area (Å²) in [5.74, 6) is 1.13. The molecule has 0 saturated carbocycles. The van der Waals surface area contributed by atoms with Crippen LogP contribution in [0.4, 0.5) is 0 Å². The molecule has 1 atom stereocenters. The lowest BCUT2D eigenvalue weighted by Gasteiger charge is -2.16. The van der Waals surface area contributed by atoms with E-state index in [4.69, 9.17) is 14.2 Å². The molecule has 0 radical (unpaired) electrons. The van der Waals surface area contributed by atoms with Gasteiger partial charge >= 0.3 is 5.97 Å². The van der Waals surface area contributed by atoms with Crippen LogP contribution in [0.25, 0.3) is 21.8 Å². The van der Waals surface area contributed by atoms with Crippen LogP contribution in [0, 0.1) is 0 Å². The summed E-state index contributed by atoms with van der Waals surface area (Å²) in [6, 6.07) is 18.5. The summed E-state index contributed by atoms with van der Waals surface area (Å²) in [4.78, 5) is 25.8. The molecule has 4 aromatic rings. The number of carbonyl (C=O) groups is 1. The third-order valence-corrected chi connectivity index (χ3v) is 5.93. The van der Waals surface area contributed by atoms with Gasteiger partial charge in [-0.05, 0) is 50.2 Å². The van der Waals surface area contributed by atoms with Crippen molar-refractivity contribution in [2.45, 2.75) is 39.5 Å². The van der Waals surface area contributed by atoms with Gasteiger partial charge in [-0.2, -0.15) is 0 Å². The van der Waals surface area contributed by atoms with Crippen LogP contribution in [0.1, 0.15) is 25.0 Å². The molecule has 1 unspecified atom stereocenters. The number of nitrogens with zero attached hydrogens (tertiary/aromatic N) is 1. The van der Waals surface area contributed by atoms with Gasteiger partial charge in [0, 0.05) is 28.3 Å². The largest absolute Gasteiger partial charge is 0.493 e. The van der Waals surface area contributed by atoms with Crippen LogP contribution in [-0.2, 0) is 29.1 Å². The Morgan fingerprint density at radius 1 is 1.06 bits per heavy atom. The normalized spacial score (nSPS) is 14.8. The molecular weight excluding hydrogens is 418 g/mol. The summed E-state index contributed by atoms with van der Waals surface area (Å²) in [5.41, 5.74) is 3.24. The fraction of sp³-hybridized carbons (Fsp3) is 0.259. The fourth-order valence-electron chi connectivity index (χ4n) is 4.46. The molecule has 168 valence electrons. The lowest BCUT2D eigenvalue weighted by molar-refractivity contribution is -0.145. The van der Waals surface area contributed by atoms with Crippen molar-refractivity contribution in [2.75, 3.05) is 6.61 Å². The lowest BCUT2D eigenvalue weighted by Crippen LogP contribution is -2.18. The highest BCUT2D eigenvalue weighted by Gasteiger charge is 2.22. The van der Waals surface area contributed by atoms with Gasteiger partial charge in [-0.25, -0.2) is 0 Å². The van der Waals surface area contributed by atoms with E-state index in [9.17, 15) is 9.59 Å². The Labute approximate surface area is 191 Å². The molecule has 0 N–H and O–H groups in total. The van der Waals surface area contributed by atoms with E-state index < -0.39 is 5.97 Å². The number of esters is 1. The maximum absolute atomic E-state index is 12.9. The first kappa shape index (κ1) is 21.1. The van der Waals surface area contributed by atoms with Gasteiger partial charge in [0.2, 0.25) is 0 Å². The second kappa shape index (κ2) is 8.62. The van der Waals surface area contributed by atoms with Crippen LogP contribution in [0.3, 0.4) is 0 Å². The zero-order valence-electron chi connectivity index (χ0n) is 18.7. The Balaban J connectivity index is 1.43. The van der Waals surface area contributed by atoms with Crippen molar-refractivity contribution in [3.05, 3.63) is 82.0 Å². The summed E-state index contributed by atoms with van der Waals surface area (Å²) in [6.45, 7) is 4.54. The minimum absolute atomic E-state index is 0.0102. The molecule has 33 heavy (non-hydrogen) atoms. The average molecular weight is 443 g/mol. The number of fused-ring (bicyclic) bond motifs is 3. The smallest absolute Gasteiger partial charge is 0.326 e.